The normalized spacial score (nSPS) is 15.4. The largest absolute Gasteiger partial charge is 0.586 e. The number of alkyl halides is 5. The maximum atomic E-state index is 14.2. The van der Waals surface area contributed by atoms with Gasteiger partial charge in [-0.3, -0.25) is 9.78 Å². The standard InChI is InChI=1S/C28H17ClF6N2O3/c29-18-10-12-23(36-15-18)26(14-16-5-2-1-3-6-16,19-7-4-8-22-24(19)40-28(34,35)39-22)37-25(38)17-9-11-21(30)20(13-17)27(31,32)33/h1-13,15H,14H2,(H,37,38)/t26-/m0/s1. The summed E-state index contributed by atoms with van der Waals surface area (Å²) in [4.78, 5) is 17.9. The quantitative estimate of drug-likeness (QED) is 0.247. The summed E-state index contributed by atoms with van der Waals surface area (Å²) in [6, 6.07) is 17.2. The van der Waals surface area contributed by atoms with Gasteiger partial charge in [-0.05, 0) is 42.0 Å². The Morgan fingerprint density at radius 1 is 0.925 bits per heavy atom. The van der Waals surface area contributed by atoms with Crippen LogP contribution in [0.3, 0.4) is 0 Å². The van der Waals surface area contributed by atoms with Crippen LogP contribution in [0.2, 0.25) is 5.02 Å². The number of amides is 1. The molecule has 1 aliphatic rings. The Balaban J connectivity index is 1.73. The van der Waals surface area contributed by atoms with Gasteiger partial charge in [-0.2, -0.15) is 13.2 Å². The summed E-state index contributed by atoms with van der Waals surface area (Å²) in [5.41, 5.74) is -3.32. The van der Waals surface area contributed by atoms with Crippen molar-refractivity contribution < 1.29 is 40.6 Å². The van der Waals surface area contributed by atoms with Crippen molar-refractivity contribution in [3.8, 4) is 11.5 Å². The fraction of sp³-hybridized carbons (Fsp3) is 0.143. The first-order valence-corrected chi connectivity index (χ1v) is 12.0. The van der Waals surface area contributed by atoms with Crippen LogP contribution >= 0.6 is 11.6 Å². The molecular weight excluding hydrogens is 562 g/mol. The number of carbonyl (C=O) groups excluding carboxylic acids is 1. The summed E-state index contributed by atoms with van der Waals surface area (Å²) in [5, 5.41) is 2.91. The first-order valence-electron chi connectivity index (χ1n) is 11.6. The molecule has 2 heterocycles. The van der Waals surface area contributed by atoms with Gasteiger partial charge in [0.25, 0.3) is 5.91 Å². The lowest BCUT2D eigenvalue weighted by molar-refractivity contribution is -0.287. The van der Waals surface area contributed by atoms with Gasteiger partial charge in [-0.1, -0.05) is 54.1 Å². The van der Waals surface area contributed by atoms with E-state index < -0.39 is 46.6 Å². The van der Waals surface area contributed by atoms with E-state index in [1.54, 1.807) is 30.3 Å². The zero-order valence-corrected chi connectivity index (χ0v) is 20.9. The van der Waals surface area contributed by atoms with Crippen molar-refractivity contribution in [2.45, 2.75) is 24.4 Å². The Morgan fingerprint density at radius 2 is 1.68 bits per heavy atom. The Morgan fingerprint density at radius 3 is 2.35 bits per heavy atom. The molecule has 3 aromatic carbocycles. The molecule has 0 spiro atoms. The van der Waals surface area contributed by atoms with Gasteiger partial charge in [0.1, 0.15) is 11.4 Å². The van der Waals surface area contributed by atoms with Gasteiger partial charge < -0.3 is 14.8 Å². The average Bonchev–Trinajstić information content (AvgIpc) is 3.22. The van der Waals surface area contributed by atoms with E-state index in [-0.39, 0.29) is 28.5 Å². The molecule has 1 aromatic heterocycles. The molecule has 0 aliphatic carbocycles. The van der Waals surface area contributed by atoms with Crippen molar-refractivity contribution in [1.29, 1.82) is 0 Å². The monoisotopic (exact) mass is 578 g/mol. The third kappa shape index (κ3) is 5.29. The van der Waals surface area contributed by atoms with Gasteiger partial charge in [0.15, 0.2) is 11.5 Å². The predicted molar refractivity (Wildman–Crippen MR) is 132 cm³/mol. The number of pyridine rings is 1. The number of benzene rings is 3. The number of fused-ring (bicyclic) bond motifs is 1. The molecule has 5 rings (SSSR count). The summed E-state index contributed by atoms with van der Waals surface area (Å²) in [7, 11) is 0. The third-order valence-electron chi connectivity index (χ3n) is 6.23. The van der Waals surface area contributed by atoms with Crippen LogP contribution in [0, 0.1) is 5.82 Å². The lowest BCUT2D eigenvalue weighted by atomic mass is 9.79. The van der Waals surface area contributed by atoms with Crippen molar-refractivity contribution in [2.75, 3.05) is 0 Å². The van der Waals surface area contributed by atoms with Crippen molar-refractivity contribution in [1.82, 2.24) is 10.3 Å². The second-order valence-electron chi connectivity index (χ2n) is 8.88. The smallest absolute Gasteiger partial charge is 0.395 e. The zero-order chi connectivity index (χ0) is 28.7. The molecule has 206 valence electrons. The van der Waals surface area contributed by atoms with Gasteiger partial charge in [-0.25, -0.2) is 4.39 Å². The Labute approximate surface area is 228 Å². The van der Waals surface area contributed by atoms with E-state index in [1.165, 1.54) is 36.5 Å². The van der Waals surface area contributed by atoms with Crippen LogP contribution in [0.25, 0.3) is 0 Å². The highest BCUT2D eigenvalue weighted by molar-refractivity contribution is 6.30. The molecule has 0 bridgehead atoms. The minimum absolute atomic E-state index is 0.0210. The first kappa shape index (κ1) is 27.3. The molecule has 0 fully saturated rings. The highest BCUT2D eigenvalue weighted by Gasteiger charge is 2.49. The molecule has 0 unspecified atom stereocenters. The number of hydrogen-bond donors (Lipinski definition) is 1. The van der Waals surface area contributed by atoms with Crippen molar-refractivity contribution in [2.24, 2.45) is 0 Å². The van der Waals surface area contributed by atoms with Crippen LogP contribution in [0.4, 0.5) is 26.3 Å². The van der Waals surface area contributed by atoms with Gasteiger partial charge in [0, 0.05) is 23.7 Å². The molecule has 0 radical (unpaired) electrons. The number of ether oxygens (including phenoxy) is 2. The van der Waals surface area contributed by atoms with Crippen molar-refractivity contribution >= 4 is 17.5 Å². The maximum Gasteiger partial charge on any atom is 0.586 e. The van der Waals surface area contributed by atoms with E-state index in [1.807, 2.05) is 0 Å². The molecule has 40 heavy (non-hydrogen) atoms. The summed E-state index contributed by atoms with van der Waals surface area (Å²) >= 11 is 6.04. The zero-order valence-electron chi connectivity index (χ0n) is 20.1. The lowest BCUT2D eigenvalue weighted by Crippen LogP contribution is -2.49. The molecule has 0 saturated carbocycles. The molecule has 4 aromatic rings. The second-order valence-corrected chi connectivity index (χ2v) is 9.31. The van der Waals surface area contributed by atoms with Crippen molar-refractivity contribution in [3.63, 3.8) is 0 Å². The van der Waals surface area contributed by atoms with Gasteiger partial charge >= 0.3 is 12.5 Å². The van der Waals surface area contributed by atoms with E-state index >= 15 is 0 Å². The summed E-state index contributed by atoms with van der Waals surface area (Å²) in [6.07, 6.45) is -7.95. The summed E-state index contributed by atoms with van der Waals surface area (Å²) < 4.78 is 92.0. The summed E-state index contributed by atoms with van der Waals surface area (Å²) in [5.74, 6) is -3.37. The Bertz CT molecular complexity index is 1570. The van der Waals surface area contributed by atoms with Crippen LogP contribution < -0.4 is 14.8 Å². The van der Waals surface area contributed by atoms with E-state index in [9.17, 15) is 31.1 Å². The van der Waals surface area contributed by atoms with E-state index in [0.29, 0.717) is 17.7 Å². The number of rotatable bonds is 6. The minimum Gasteiger partial charge on any atom is -0.395 e. The van der Waals surface area contributed by atoms with Crippen LogP contribution in [0.5, 0.6) is 11.5 Å². The van der Waals surface area contributed by atoms with E-state index in [0.717, 1.165) is 6.07 Å². The van der Waals surface area contributed by atoms with E-state index in [4.69, 9.17) is 16.3 Å². The number of nitrogens with one attached hydrogen (secondary N) is 1. The lowest BCUT2D eigenvalue weighted by Gasteiger charge is -2.36. The molecule has 1 amide bonds. The highest BCUT2D eigenvalue weighted by Crippen LogP contribution is 2.49. The number of hydrogen-bond acceptors (Lipinski definition) is 4. The highest BCUT2D eigenvalue weighted by atomic mass is 35.5. The number of carbonyl (C=O) groups is 1. The molecule has 12 heteroatoms. The molecule has 0 saturated heterocycles. The number of para-hydroxylation sites is 1. The number of halogens is 7. The molecule has 1 N–H and O–H groups in total. The fourth-order valence-corrected chi connectivity index (χ4v) is 4.60. The van der Waals surface area contributed by atoms with E-state index in [2.05, 4.69) is 15.0 Å². The predicted octanol–water partition coefficient (Wildman–Crippen LogP) is 7.13. The topological polar surface area (TPSA) is 60.5 Å². The van der Waals surface area contributed by atoms with Crippen LogP contribution in [-0.2, 0) is 18.1 Å². The number of nitrogens with zero attached hydrogens (tertiary/aromatic N) is 1. The van der Waals surface area contributed by atoms with Gasteiger partial charge in [-0.15, -0.1) is 8.78 Å². The molecule has 5 nitrogen and oxygen atoms in total. The first-order chi connectivity index (χ1) is 18.9. The Kier molecular flexibility index (Phi) is 6.87. The maximum absolute atomic E-state index is 14.2. The second kappa shape index (κ2) is 10.1. The minimum atomic E-state index is -5.07. The van der Waals surface area contributed by atoms with Crippen LogP contribution in [0.1, 0.15) is 32.7 Å². The van der Waals surface area contributed by atoms with Crippen LogP contribution in [-0.4, -0.2) is 17.2 Å². The fourth-order valence-electron chi connectivity index (χ4n) is 4.48. The average molecular weight is 579 g/mol. The third-order valence-corrected chi connectivity index (χ3v) is 6.45. The number of aromatic nitrogens is 1. The van der Waals surface area contributed by atoms with Crippen LogP contribution in [0.15, 0.2) is 85.1 Å². The molecule has 1 aliphatic heterocycles. The van der Waals surface area contributed by atoms with Crippen molar-refractivity contribution in [3.05, 3.63) is 124 Å². The molecular formula is C28H17ClF6N2O3. The van der Waals surface area contributed by atoms with Gasteiger partial charge in [0.05, 0.1) is 16.3 Å². The Hall–Kier alpha value is -4.25. The molecule has 1 atom stereocenters. The van der Waals surface area contributed by atoms with Gasteiger partial charge in [0.2, 0.25) is 0 Å². The SMILES string of the molecule is O=C(N[C@](Cc1ccccc1)(c1ccc(Cl)cn1)c1cccc2c1OC(F)(F)O2)c1ccc(F)c(C(F)(F)F)c1. The summed E-state index contributed by atoms with van der Waals surface area (Å²) in [6.45, 7) is 0.